The Balaban J connectivity index is 1.82. The summed E-state index contributed by atoms with van der Waals surface area (Å²) in [7, 11) is 0. The summed E-state index contributed by atoms with van der Waals surface area (Å²) in [5.41, 5.74) is 3.67. The lowest BCUT2D eigenvalue weighted by Crippen LogP contribution is -1.94. The van der Waals surface area contributed by atoms with E-state index in [4.69, 9.17) is 4.74 Å². The molecule has 0 atom stereocenters. The van der Waals surface area contributed by atoms with Gasteiger partial charge in [-0.05, 0) is 42.2 Å². The Morgan fingerprint density at radius 2 is 2.05 bits per heavy atom. The van der Waals surface area contributed by atoms with Gasteiger partial charge >= 0.3 is 0 Å². The number of fused-ring (bicyclic) bond motifs is 1. The zero-order valence-electron chi connectivity index (χ0n) is 11.1. The van der Waals surface area contributed by atoms with Crippen LogP contribution in [-0.4, -0.2) is 18.1 Å². The SMILES string of the molecule is CCCOc1ccc(-c2cnc3c(c2)CCN3)cc1. The highest BCUT2D eigenvalue weighted by molar-refractivity contribution is 5.67. The van der Waals surface area contributed by atoms with Crippen LogP contribution >= 0.6 is 0 Å². The van der Waals surface area contributed by atoms with Gasteiger partial charge in [-0.1, -0.05) is 19.1 Å². The van der Waals surface area contributed by atoms with Crippen molar-refractivity contribution in [2.75, 3.05) is 18.5 Å². The molecule has 0 amide bonds. The van der Waals surface area contributed by atoms with Crippen molar-refractivity contribution in [2.45, 2.75) is 19.8 Å². The van der Waals surface area contributed by atoms with Crippen LogP contribution in [0, 0.1) is 0 Å². The molecule has 3 heteroatoms. The highest BCUT2D eigenvalue weighted by Crippen LogP contribution is 2.27. The van der Waals surface area contributed by atoms with Crippen LogP contribution in [0.4, 0.5) is 5.82 Å². The average molecular weight is 254 g/mol. The fourth-order valence-corrected chi connectivity index (χ4v) is 2.30. The third kappa shape index (κ3) is 2.55. The van der Waals surface area contributed by atoms with Crippen LogP contribution in [0.2, 0.25) is 0 Å². The van der Waals surface area contributed by atoms with E-state index in [0.29, 0.717) is 0 Å². The Morgan fingerprint density at radius 1 is 1.21 bits per heavy atom. The second kappa shape index (κ2) is 5.31. The first-order valence-electron chi connectivity index (χ1n) is 6.83. The van der Waals surface area contributed by atoms with Gasteiger partial charge in [0, 0.05) is 18.3 Å². The van der Waals surface area contributed by atoms with Crippen molar-refractivity contribution < 1.29 is 4.74 Å². The lowest BCUT2D eigenvalue weighted by atomic mass is 10.1. The topological polar surface area (TPSA) is 34.1 Å². The van der Waals surface area contributed by atoms with Gasteiger partial charge < -0.3 is 10.1 Å². The van der Waals surface area contributed by atoms with Crippen molar-refractivity contribution >= 4 is 5.82 Å². The Hall–Kier alpha value is -2.03. The molecule has 1 N–H and O–H groups in total. The number of anilines is 1. The second-order valence-corrected chi connectivity index (χ2v) is 4.78. The van der Waals surface area contributed by atoms with Gasteiger partial charge in [0.15, 0.2) is 0 Å². The predicted molar refractivity (Wildman–Crippen MR) is 77.7 cm³/mol. The molecule has 0 fully saturated rings. The molecule has 1 aliphatic rings. The average Bonchev–Trinajstić information content (AvgIpc) is 2.93. The van der Waals surface area contributed by atoms with E-state index in [0.717, 1.165) is 37.6 Å². The fourth-order valence-electron chi connectivity index (χ4n) is 2.30. The monoisotopic (exact) mass is 254 g/mol. The van der Waals surface area contributed by atoms with Crippen molar-refractivity contribution in [3.63, 3.8) is 0 Å². The molecule has 2 heterocycles. The summed E-state index contributed by atoms with van der Waals surface area (Å²) >= 11 is 0. The third-order valence-corrected chi connectivity index (χ3v) is 3.31. The molecule has 98 valence electrons. The first kappa shape index (κ1) is 12.0. The molecule has 2 aromatic rings. The zero-order chi connectivity index (χ0) is 13.1. The van der Waals surface area contributed by atoms with Crippen molar-refractivity contribution in [3.05, 3.63) is 42.1 Å². The highest BCUT2D eigenvalue weighted by Gasteiger charge is 2.12. The molecular weight excluding hydrogens is 236 g/mol. The smallest absolute Gasteiger partial charge is 0.129 e. The van der Waals surface area contributed by atoms with Crippen LogP contribution in [0.5, 0.6) is 5.75 Å². The van der Waals surface area contributed by atoms with Crippen LogP contribution in [0.25, 0.3) is 11.1 Å². The van der Waals surface area contributed by atoms with Crippen molar-refractivity contribution in [1.82, 2.24) is 4.98 Å². The van der Waals surface area contributed by atoms with Crippen LogP contribution in [0.3, 0.4) is 0 Å². The molecule has 19 heavy (non-hydrogen) atoms. The van der Waals surface area contributed by atoms with Gasteiger partial charge in [0.1, 0.15) is 11.6 Å². The maximum absolute atomic E-state index is 5.59. The van der Waals surface area contributed by atoms with Gasteiger partial charge in [-0.25, -0.2) is 4.98 Å². The number of ether oxygens (including phenoxy) is 1. The molecule has 0 saturated carbocycles. The number of benzene rings is 1. The maximum Gasteiger partial charge on any atom is 0.129 e. The summed E-state index contributed by atoms with van der Waals surface area (Å²) in [6.07, 6.45) is 4.02. The van der Waals surface area contributed by atoms with Gasteiger partial charge in [-0.15, -0.1) is 0 Å². The van der Waals surface area contributed by atoms with E-state index in [-0.39, 0.29) is 0 Å². The quantitative estimate of drug-likeness (QED) is 0.906. The Kier molecular flexibility index (Phi) is 3.36. The molecule has 0 spiro atoms. The summed E-state index contributed by atoms with van der Waals surface area (Å²) in [6.45, 7) is 3.87. The minimum atomic E-state index is 0.769. The second-order valence-electron chi connectivity index (χ2n) is 4.78. The largest absolute Gasteiger partial charge is 0.494 e. The molecule has 1 aromatic heterocycles. The molecule has 1 aliphatic heterocycles. The van der Waals surface area contributed by atoms with Gasteiger partial charge in [0.25, 0.3) is 0 Å². The molecule has 0 radical (unpaired) electrons. The van der Waals surface area contributed by atoms with Gasteiger partial charge in [-0.3, -0.25) is 0 Å². The van der Waals surface area contributed by atoms with Crippen molar-refractivity contribution in [1.29, 1.82) is 0 Å². The van der Waals surface area contributed by atoms with Gasteiger partial charge in [0.05, 0.1) is 6.61 Å². The van der Waals surface area contributed by atoms with E-state index in [1.807, 2.05) is 18.3 Å². The van der Waals surface area contributed by atoms with Crippen LogP contribution in [0.15, 0.2) is 36.5 Å². The molecule has 1 aromatic carbocycles. The predicted octanol–water partition coefficient (Wildman–Crippen LogP) is 3.51. The molecule has 0 saturated heterocycles. The standard InChI is InChI=1S/C16H18N2O/c1-2-9-19-15-5-3-12(4-6-15)14-10-13-7-8-17-16(13)18-11-14/h3-6,10-11H,2,7-9H2,1H3,(H,17,18). The molecule has 3 rings (SSSR count). The number of rotatable bonds is 4. The van der Waals surface area contributed by atoms with Crippen molar-refractivity contribution in [3.8, 4) is 16.9 Å². The van der Waals surface area contributed by atoms with Gasteiger partial charge in [-0.2, -0.15) is 0 Å². The van der Waals surface area contributed by atoms with Crippen LogP contribution in [0.1, 0.15) is 18.9 Å². The minimum absolute atomic E-state index is 0.769. The summed E-state index contributed by atoms with van der Waals surface area (Å²) in [4.78, 5) is 4.47. The number of nitrogens with one attached hydrogen (secondary N) is 1. The lowest BCUT2D eigenvalue weighted by molar-refractivity contribution is 0.317. The van der Waals surface area contributed by atoms with E-state index in [1.54, 1.807) is 0 Å². The first-order chi connectivity index (χ1) is 9.36. The molecular formula is C16H18N2O. The Morgan fingerprint density at radius 3 is 2.84 bits per heavy atom. The number of nitrogens with zero attached hydrogens (tertiary/aromatic N) is 1. The van der Waals surface area contributed by atoms with Crippen LogP contribution < -0.4 is 10.1 Å². The molecule has 0 unspecified atom stereocenters. The highest BCUT2D eigenvalue weighted by atomic mass is 16.5. The van der Waals surface area contributed by atoms with E-state index in [2.05, 4.69) is 35.4 Å². The third-order valence-electron chi connectivity index (χ3n) is 3.31. The zero-order valence-corrected chi connectivity index (χ0v) is 11.1. The number of hydrogen-bond acceptors (Lipinski definition) is 3. The molecule has 3 nitrogen and oxygen atoms in total. The normalized spacial score (nSPS) is 12.9. The Bertz CT molecular complexity index is 563. The summed E-state index contributed by atoms with van der Waals surface area (Å²) in [5.74, 6) is 1.97. The minimum Gasteiger partial charge on any atom is -0.494 e. The van der Waals surface area contributed by atoms with Gasteiger partial charge in [0.2, 0.25) is 0 Å². The lowest BCUT2D eigenvalue weighted by Gasteiger charge is -2.07. The van der Waals surface area contributed by atoms with E-state index in [9.17, 15) is 0 Å². The van der Waals surface area contributed by atoms with E-state index in [1.165, 1.54) is 16.7 Å². The number of aromatic nitrogens is 1. The fraction of sp³-hybridized carbons (Fsp3) is 0.312. The summed E-state index contributed by atoms with van der Waals surface area (Å²) in [5, 5.41) is 3.28. The number of hydrogen-bond donors (Lipinski definition) is 1. The van der Waals surface area contributed by atoms with Crippen LogP contribution in [-0.2, 0) is 6.42 Å². The molecule has 0 aliphatic carbocycles. The maximum atomic E-state index is 5.59. The van der Waals surface area contributed by atoms with Crippen molar-refractivity contribution in [2.24, 2.45) is 0 Å². The van der Waals surface area contributed by atoms with E-state index >= 15 is 0 Å². The summed E-state index contributed by atoms with van der Waals surface area (Å²) < 4.78 is 5.59. The first-order valence-corrected chi connectivity index (χ1v) is 6.83. The number of pyridine rings is 1. The molecule has 0 bridgehead atoms. The summed E-state index contributed by atoms with van der Waals surface area (Å²) in [6, 6.07) is 10.5. The van der Waals surface area contributed by atoms with E-state index < -0.39 is 0 Å². The Labute approximate surface area is 113 Å².